The minimum absolute atomic E-state index is 0.186. The molecule has 1 N–H and O–H groups in total. The summed E-state index contributed by atoms with van der Waals surface area (Å²) in [4.78, 5) is 27.3. The lowest BCUT2D eigenvalue weighted by atomic mass is 9.57. The van der Waals surface area contributed by atoms with Gasteiger partial charge in [-0.1, -0.05) is 58.9 Å². The van der Waals surface area contributed by atoms with Gasteiger partial charge in [-0.05, 0) is 43.7 Å². The number of phenolic OH excluding ortho intramolecular Hbond substituents is 1. The Hall–Kier alpha value is -2.31. The lowest BCUT2D eigenvalue weighted by Gasteiger charge is -2.63. The van der Waals surface area contributed by atoms with Gasteiger partial charge in [0.2, 0.25) is 5.72 Å². The average Bonchev–Trinajstić information content (AvgIpc) is 2.71. The van der Waals surface area contributed by atoms with Gasteiger partial charge in [-0.2, -0.15) is 4.89 Å². The molecule has 31 heavy (non-hydrogen) atoms. The predicted molar refractivity (Wildman–Crippen MR) is 118 cm³/mol. The molecule has 2 aromatic rings. The summed E-state index contributed by atoms with van der Waals surface area (Å²) in [5, 5.41) is 11.8. The molecule has 1 amide bonds. The molecule has 168 valence electrons. The molecule has 0 aliphatic carbocycles. The van der Waals surface area contributed by atoms with E-state index < -0.39 is 28.4 Å². The molecule has 0 radical (unpaired) electrons. The van der Waals surface area contributed by atoms with Crippen LogP contribution in [0.4, 0.5) is 4.79 Å². The van der Waals surface area contributed by atoms with Crippen molar-refractivity contribution in [3.05, 3.63) is 42.0 Å². The smallest absolute Gasteiger partial charge is 0.413 e. The van der Waals surface area contributed by atoms with Crippen LogP contribution in [-0.4, -0.2) is 33.8 Å². The highest BCUT2D eigenvalue weighted by Gasteiger charge is 2.84. The molecule has 2 saturated heterocycles. The summed E-state index contributed by atoms with van der Waals surface area (Å²) in [5.41, 5.74) is -2.62. The zero-order valence-corrected chi connectivity index (χ0v) is 19.7. The van der Waals surface area contributed by atoms with E-state index in [1.807, 2.05) is 45.0 Å². The molecule has 0 unspecified atom stereocenters. The van der Waals surface area contributed by atoms with Crippen LogP contribution in [0.5, 0.6) is 5.75 Å². The number of ether oxygens (including phenoxy) is 1. The zero-order chi connectivity index (χ0) is 23.0. The molecule has 2 fully saturated rings. The third kappa shape index (κ3) is 2.81. The fourth-order valence-electron chi connectivity index (χ4n) is 5.73. The molecule has 2 aliphatic rings. The first-order valence-electron chi connectivity index (χ1n) is 10.8. The first-order valence-corrected chi connectivity index (χ1v) is 10.8. The van der Waals surface area contributed by atoms with E-state index in [1.165, 1.54) is 0 Å². The molecule has 0 spiro atoms. The second-order valence-electron chi connectivity index (χ2n) is 11.4. The lowest BCUT2D eigenvalue weighted by Crippen LogP contribution is -2.75. The van der Waals surface area contributed by atoms with Crippen LogP contribution in [-0.2, 0) is 20.2 Å². The van der Waals surface area contributed by atoms with Crippen LogP contribution < -0.4 is 0 Å². The van der Waals surface area contributed by atoms with E-state index in [9.17, 15) is 9.90 Å². The molecule has 6 nitrogen and oxygen atoms in total. The average molecular weight is 428 g/mol. The molecule has 2 atom stereocenters. The molecule has 6 heteroatoms. The fraction of sp³-hybridized carbons (Fsp3) is 0.560. The second-order valence-corrected chi connectivity index (χ2v) is 11.4. The molecular formula is C25H33NO5. The first kappa shape index (κ1) is 21.9. The summed E-state index contributed by atoms with van der Waals surface area (Å²) in [6, 6.07) is 11.1. The molecule has 4 rings (SSSR count). The number of carbonyl (C=O) groups excluding carboxylic acids is 1. The van der Waals surface area contributed by atoms with E-state index in [0.717, 1.165) is 16.3 Å². The van der Waals surface area contributed by atoms with Gasteiger partial charge in [0.1, 0.15) is 11.4 Å². The summed E-state index contributed by atoms with van der Waals surface area (Å²) >= 11 is 0. The van der Waals surface area contributed by atoms with Crippen LogP contribution in [0.25, 0.3) is 10.8 Å². The lowest BCUT2D eigenvalue weighted by molar-refractivity contribution is -0.603. The molecule has 2 aromatic carbocycles. The van der Waals surface area contributed by atoms with E-state index in [-0.39, 0.29) is 11.2 Å². The maximum absolute atomic E-state index is 13.5. The van der Waals surface area contributed by atoms with E-state index in [2.05, 4.69) is 34.6 Å². The number of hydrogen-bond donors (Lipinski definition) is 1. The summed E-state index contributed by atoms with van der Waals surface area (Å²) in [6.45, 7) is 16.5. The van der Waals surface area contributed by atoms with Crippen molar-refractivity contribution < 1.29 is 24.4 Å². The van der Waals surface area contributed by atoms with E-state index in [4.69, 9.17) is 14.5 Å². The van der Waals surface area contributed by atoms with Crippen LogP contribution >= 0.6 is 0 Å². The Balaban J connectivity index is 2.02. The number of amides is 1. The number of aromatic hydroxyl groups is 1. The number of carbonyl (C=O) groups is 1. The van der Waals surface area contributed by atoms with E-state index in [0.29, 0.717) is 6.54 Å². The SMILES string of the molecule is CC(C)(C)OC(=O)N1CC(C)(C)[C@]2(C(C)(C)C)OO[C@]12c1cccc2cc(O)ccc12. The predicted octanol–water partition coefficient (Wildman–Crippen LogP) is 5.72. The largest absolute Gasteiger partial charge is 0.508 e. The zero-order valence-electron chi connectivity index (χ0n) is 19.7. The van der Waals surface area contributed by atoms with Gasteiger partial charge in [0, 0.05) is 22.9 Å². The summed E-state index contributed by atoms with van der Waals surface area (Å²) < 4.78 is 5.81. The number of rotatable bonds is 1. The number of phenols is 1. The van der Waals surface area contributed by atoms with Crippen LogP contribution in [0.1, 0.15) is 61.0 Å². The maximum Gasteiger partial charge on any atom is 0.413 e. The molecular weight excluding hydrogens is 394 g/mol. The Morgan fingerprint density at radius 2 is 1.74 bits per heavy atom. The third-order valence-corrected chi connectivity index (χ3v) is 6.55. The Kier molecular flexibility index (Phi) is 4.49. The molecule has 0 aromatic heterocycles. The first-order chi connectivity index (χ1) is 14.2. The minimum atomic E-state index is -1.17. The van der Waals surface area contributed by atoms with Crippen molar-refractivity contribution in [1.29, 1.82) is 0 Å². The molecule has 2 heterocycles. The molecule has 2 aliphatic heterocycles. The van der Waals surface area contributed by atoms with E-state index in [1.54, 1.807) is 17.0 Å². The quantitative estimate of drug-likeness (QED) is 0.589. The van der Waals surface area contributed by atoms with Gasteiger partial charge in [0.15, 0.2) is 5.60 Å². The van der Waals surface area contributed by atoms with Gasteiger partial charge < -0.3 is 9.84 Å². The van der Waals surface area contributed by atoms with Crippen LogP contribution in [0.2, 0.25) is 0 Å². The highest BCUT2D eigenvalue weighted by atomic mass is 17.3. The van der Waals surface area contributed by atoms with E-state index >= 15 is 0 Å². The molecule has 0 saturated carbocycles. The third-order valence-electron chi connectivity index (χ3n) is 6.55. The van der Waals surface area contributed by atoms with Crippen molar-refractivity contribution in [2.75, 3.05) is 6.54 Å². The van der Waals surface area contributed by atoms with Gasteiger partial charge in [-0.15, -0.1) is 0 Å². The van der Waals surface area contributed by atoms with Gasteiger partial charge >= 0.3 is 6.09 Å². The number of fused-ring (bicyclic) bond motifs is 2. The maximum atomic E-state index is 13.5. The Labute approximate surface area is 184 Å². The highest BCUT2D eigenvalue weighted by molar-refractivity contribution is 5.89. The number of benzene rings is 2. The Bertz CT molecular complexity index is 1050. The monoisotopic (exact) mass is 427 g/mol. The van der Waals surface area contributed by atoms with Crippen molar-refractivity contribution >= 4 is 16.9 Å². The number of hydrogen-bond acceptors (Lipinski definition) is 5. The van der Waals surface area contributed by atoms with Crippen LogP contribution in [0.15, 0.2) is 36.4 Å². The standard InChI is InChI=1S/C25H33NO5/c1-21(2,3)25-23(7,8)15-26(20(28)29-22(4,5)6)24(25,30-31-25)19-11-9-10-16-14-17(27)12-13-18(16)19/h9-14,27H,15H2,1-8H3/t24-,25-/m0/s1. The summed E-state index contributed by atoms with van der Waals surface area (Å²) in [6.07, 6.45) is -0.439. The van der Waals surface area contributed by atoms with Crippen molar-refractivity contribution in [2.24, 2.45) is 10.8 Å². The Morgan fingerprint density at radius 1 is 1.06 bits per heavy atom. The van der Waals surface area contributed by atoms with Gasteiger partial charge in [-0.25, -0.2) is 9.68 Å². The molecule has 0 bridgehead atoms. The van der Waals surface area contributed by atoms with Gasteiger partial charge in [-0.3, -0.25) is 4.90 Å². The second kappa shape index (κ2) is 6.36. The van der Waals surface area contributed by atoms with Crippen molar-refractivity contribution in [3.8, 4) is 5.75 Å². The number of nitrogens with zero attached hydrogens (tertiary/aromatic N) is 1. The van der Waals surface area contributed by atoms with Crippen molar-refractivity contribution in [1.82, 2.24) is 4.90 Å². The topological polar surface area (TPSA) is 68.2 Å². The van der Waals surface area contributed by atoms with Crippen LogP contribution in [0.3, 0.4) is 0 Å². The van der Waals surface area contributed by atoms with Crippen molar-refractivity contribution in [2.45, 2.75) is 72.3 Å². The normalized spacial score (nSPS) is 27.7. The van der Waals surface area contributed by atoms with Crippen molar-refractivity contribution in [3.63, 3.8) is 0 Å². The highest BCUT2D eigenvalue weighted by Crippen LogP contribution is 2.70. The summed E-state index contributed by atoms with van der Waals surface area (Å²) in [5.74, 6) is 0.186. The summed E-state index contributed by atoms with van der Waals surface area (Å²) in [7, 11) is 0. The number of likely N-dealkylation sites (tertiary alicyclic amines) is 1. The fourth-order valence-corrected chi connectivity index (χ4v) is 5.73. The van der Waals surface area contributed by atoms with Gasteiger partial charge in [0.25, 0.3) is 0 Å². The van der Waals surface area contributed by atoms with Gasteiger partial charge in [0.05, 0.1) is 0 Å². The van der Waals surface area contributed by atoms with Crippen LogP contribution in [0, 0.1) is 10.8 Å². The minimum Gasteiger partial charge on any atom is -0.508 e. The Morgan fingerprint density at radius 3 is 2.29 bits per heavy atom.